The first-order chi connectivity index (χ1) is 13.6. The Morgan fingerprint density at radius 1 is 1.18 bits per heavy atom. The van der Waals surface area contributed by atoms with Crippen molar-refractivity contribution in [3.8, 4) is 0 Å². The normalized spacial score (nSPS) is 30.0. The highest BCUT2D eigenvalue weighted by atomic mass is 35.5. The van der Waals surface area contributed by atoms with Gasteiger partial charge in [0.05, 0.1) is 18.6 Å². The summed E-state index contributed by atoms with van der Waals surface area (Å²) in [6.07, 6.45) is 3.39. The molecule has 6 heteroatoms. The van der Waals surface area contributed by atoms with Crippen molar-refractivity contribution in [3.05, 3.63) is 77.3 Å². The molecule has 0 N–H and O–H groups in total. The number of hydrogen-bond donors (Lipinski definition) is 0. The van der Waals surface area contributed by atoms with Crippen LogP contribution in [-0.4, -0.2) is 30.1 Å². The van der Waals surface area contributed by atoms with Gasteiger partial charge in [-0.3, -0.25) is 9.59 Å². The first-order valence-corrected chi connectivity index (χ1v) is 9.60. The van der Waals surface area contributed by atoms with Gasteiger partial charge in [0.25, 0.3) is 0 Å². The molecule has 28 heavy (non-hydrogen) atoms. The fourth-order valence-electron chi connectivity index (χ4n) is 4.43. The molecule has 4 atom stereocenters. The second-order valence-corrected chi connectivity index (χ2v) is 7.83. The zero-order valence-corrected chi connectivity index (χ0v) is 15.7. The first kappa shape index (κ1) is 17.5. The molecule has 3 aliphatic heterocycles. The van der Waals surface area contributed by atoms with Crippen molar-refractivity contribution >= 4 is 29.2 Å². The average molecular weight is 396 g/mol. The molecule has 0 saturated carbocycles. The van der Waals surface area contributed by atoms with Gasteiger partial charge in [-0.2, -0.15) is 0 Å². The Labute approximate surface area is 167 Å². The molecule has 1 amide bonds. The third kappa shape index (κ3) is 2.65. The number of amides is 1. The number of esters is 1. The molecule has 3 aliphatic rings. The summed E-state index contributed by atoms with van der Waals surface area (Å²) in [5.41, 5.74) is 0.887. The second kappa shape index (κ2) is 6.47. The quantitative estimate of drug-likeness (QED) is 0.588. The summed E-state index contributed by atoms with van der Waals surface area (Å²) in [6.45, 7) is 0.564. The fourth-order valence-corrected chi connectivity index (χ4v) is 4.56. The SMILES string of the molecule is O=C(OCc1ccccc1)[C@H]1[C@H]2C=CC3(CN(c4ccc(Cl)cc4)C(=O)[C@@H]13)O2. The maximum Gasteiger partial charge on any atom is 0.313 e. The van der Waals surface area contributed by atoms with Crippen LogP contribution >= 0.6 is 11.6 Å². The van der Waals surface area contributed by atoms with Crippen LogP contribution < -0.4 is 4.90 Å². The van der Waals surface area contributed by atoms with Crippen molar-refractivity contribution in [2.24, 2.45) is 11.8 Å². The Morgan fingerprint density at radius 2 is 1.93 bits per heavy atom. The highest BCUT2D eigenvalue weighted by Crippen LogP contribution is 2.53. The number of ether oxygens (including phenoxy) is 2. The van der Waals surface area contributed by atoms with Gasteiger partial charge in [0.15, 0.2) is 0 Å². The Hall–Kier alpha value is -2.63. The van der Waals surface area contributed by atoms with E-state index in [9.17, 15) is 9.59 Å². The molecule has 2 aromatic carbocycles. The molecular formula is C22H18ClNO4. The molecule has 3 heterocycles. The summed E-state index contributed by atoms with van der Waals surface area (Å²) >= 11 is 5.96. The van der Waals surface area contributed by atoms with Crippen LogP contribution in [0.2, 0.25) is 5.02 Å². The van der Waals surface area contributed by atoms with E-state index in [1.54, 1.807) is 29.2 Å². The molecule has 1 unspecified atom stereocenters. The van der Waals surface area contributed by atoms with Crippen molar-refractivity contribution in [1.82, 2.24) is 0 Å². The highest BCUT2D eigenvalue weighted by Gasteiger charge is 2.67. The van der Waals surface area contributed by atoms with E-state index in [-0.39, 0.29) is 12.5 Å². The summed E-state index contributed by atoms with van der Waals surface area (Å²) < 4.78 is 11.6. The molecule has 0 aliphatic carbocycles. The predicted octanol–water partition coefficient (Wildman–Crippen LogP) is 3.37. The third-order valence-corrected chi connectivity index (χ3v) is 5.99. The molecule has 2 saturated heterocycles. The van der Waals surface area contributed by atoms with Crippen molar-refractivity contribution in [2.45, 2.75) is 18.3 Å². The van der Waals surface area contributed by atoms with E-state index >= 15 is 0 Å². The predicted molar refractivity (Wildman–Crippen MR) is 104 cm³/mol. The molecule has 2 bridgehead atoms. The number of halogens is 1. The molecule has 142 valence electrons. The topological polar surface area (TPSA) is 55.8 Å². The highest BCUT2D eigenvalue weighted by molar-refractivity contribution is 6.30. The Morgan fingerprint density at radius 3 is 2.68 bits per heavy atom. The van der Waals surface area contributed by atoms with Crippen LogP contribution in [0.4, 0.5) is 5.69 Å². The summed E-state index contributed by atoms with van der Waals surface area (Å²) in [5, 5.41) is 0.605. The van der Waals surface area contributed by atoms with Gasteiger partial charge in [0.2, 0.25) is 5.91 Å². The number of anilines is 1. The van der Waals surface area contributed by atoms with Gasteiger partial charge in [-0.15, -0.1) is 0 Å². The summed E-state index contributed by atoms with van der Waals surface area (Å²) in [5.74, 6) is -1.70. The average Bonchev–Trinajstić information content (AvgIpc) is 3.36. The van der Waals surface area contributed by atoms with Gasteiger partial charge >= 0.3 is 5.97 Å². The number of carbonyl (C=O) groups excluding carboxylic acids is 2. The summed E-state index contributed by atoms with van der Waals surface area (Å²) in [7, 11) is 0. The van der Waals surface area contributed by atoms with E-state index in [2.05, 4.69) is 0 Å². The monoisotopic (exact) mass is 395 g/mol. The van der Waals surface area contributed by atoms with Crippen LogP contribution in [0.5, 0.6) is 0 Å². The smallest absolute Gasteiger partial charge is 0.313 e. The van der Waals surface area contributed by atoms with Crippen molar-refractivity contribution in [2.75, 3.05) is 11.4 Å². The minimum atomic E-state index is -0.766. The Balaban J connectivity index is 1.38. The second-order valence-electron chi connectivity index (χ2n) is 7.39. The van der Waals surface area contributed by atoms with Gasteiger partial charge in [-0.05, 0) is 29.8 Å². The van der Waals surface area contributed by atoms with Crippen molar-refractivity contribution in [1.29, 1.82) is 0 Å². The van der Waals surface area contributed by atoms with Gasteiger partial charge in [-0.25, -0.2) is 0 Å². The first-order valence-electron chi connectivity index (χ1n) is 9.22. The molecule has 0 aromatic heterocycles. The third-order valence-electron chi connectivity index (χ3n) is 5.73. The van der Waals surface area contributed by atoms with Crippen LogP contribution in [0.1, 0.15) is 5.56 Å². The van der Waals surface area contributed by atoms with Gasteiger partial charge in [0, 0.05) is 10.7 Å². The number of benzene rings is 2. The zero-order valence-electron chi connectivity index (χ0n) is 15.0. The van der Waals surface area contributed by atoms with E-state index in [4.69, 9.17) is 21.1 Å². The summed E-state index contributed by atoms with van der Waals surface area (Å²) in [4.78, 5) is 27.7. The van der Waals surface area contributed by atoms with Gasteiger partial charge in [-0.1, -0.05) is 54.1 Å². The van der Waals surface area contributed by atoms with E-state index in [1.165, 1.54) is 0 Å². The van der Waals surface area contributed by atoms with E-state index in [1.807, 2.05) is 42.5 Å². The maximum atomic E-state index is 13.2. The lowest BCUT2D eigenvalue weighted by molar-refractivity contribution is -0.153. The molecule has 2 aromatic rings. The molecule has 0 radical (unpaired) electrons. The van der Waals surface area contributed by atoms with Crippen LogP contribution in [0.25, 0.3) is 0 Å². The number of nitrogens with zero attached hydrogens (tertiary/aromatic N) is 1. The lowest BCUT2D eigenvalue weighted by atomic mass is 9.77. The van der Waals surface area contributed by atoms with E-state index < -0.39 is 29.5 Å². The largest absolute Gasteiger partial charge is 0.460 e. The number of hydrogen-bond acceptors (Lipinski definition) is 4. The fraction of sp³-hybridized carbons (Fsp3) is 0.273. The molecule has 5 nitrogen and oxygen atoms in total. The lowest BCUT2D eigenvalue weighted by Crippen LogP contribution is -2.40. The molecule has 5 rings (SSSR count). The maximum absolute atomic E-state index is 13.2. The van der Waals surface area contributed by atoms with Gasteiger partial charge < -0.3 is 14.4 Å². The number of fused-ring (bicyclic) bond motifs is 1. The Bertz CT molecular complexity index is 958. The number of rotatable bonds is 4. The van der Waals surface area contributed by atoms with Crippen LogP contribution in [0, 0.1) is 11.8 Å². The van der Waals surface area contributed by atoms with Crippen LogP contribution in [-0.2, 0) is 25.7 Å². The van der Waals surface area contributed by atoms with E-state index in [0.29, 0.717) is 11.6 Å². The molecule has 2 fully saturated rings. The van der Waals surface area contributed by atoms with Crippen molar-refractivity contribution in [3.63, 3.8) is 0 Å². The lowest BCUT2D eigenvalue weighted by Gasteiger charge is -2.22. The van der Waals surface area contributed by atoms with Gasteiger partial charge in [0.1, 0.15) is 18.1 Å². The molecular weight excluding hydrogens is 378 g/mol. The Kier molecular flexibility index (Phi) is 4.03. The molecule has 1 spiro atoms. The number of carbonyl (C=O) groups is 2. The van der Waals surface area contributed by atoms with Crippen LogP contribution in [0.15, 0.2) is 66.7 Å². The van der Waals surface area contributed by atoms with E-state index in [0.717, 1.165) is 11.3 Å². The summed E-state index contributed by atoms with van der Waals surface area (Å²) in [6, 6.07) is 16.6. The zero-order chi connectivity index (χ0) is 19.3. The van der Waals surface area contributed by atoms with Crippen molar-refractivity contribution < 1.29 is 19.1 Å². The minimum absolute atomic E-state index is 0.115. The van der Waals surface area contributed by atoms with Crippen LogP contribution in [0.3, 0.4) is 0 Å². The standard InChI is InChI=1S/C22H18ClNO4/c23-15-6-8-16(9-7-15)24-13-22-11-10-17(28-22)18(19(22)20(24)25)21(26)27-12-14-4-2-1-3-5-14/h1-11,17-19H,12-13H2/t17-,18+,19-,22?/m1/s1. The minimum Gasteiger partial charge on any atom is -0.460 e.